The number of hydrogen-bond acceptors (Lipinski definition) is 4. The lowest BCUT2D eigenvalue weighted by molar-refractivity contribution is -0.116. The Morgan fingerprint density at radius 3 is 2.50 bits per heavy atom. The van der Waals surface area contributed by atoms with Gasteiger partial charge in [-0.05, 0) is 6.07 Å². The van der Waals surface area contributed by atoms with E-state index < -0.39 is 6.43 Å². The first kappa shape index (κ1) is 17.7. The first-order valence-corrected chi connectivity index (χ1v) is 7.76. The van der Waals surface area contributed by atoms with Crippen molar-refractivity contribution >= 4 is 22.6 Å². The molecule has 0 radical (unpaired) electrons. The number of halogens is 2. The number of alkyl halides is 2. The highest BCUT2D eigenvalue weighted by molar-refractivity contribution is 5.92. The number of anilines is 1. The molecule has 1 N–H and O–H groups in total. The summed E-state index contributed by atoms with van der Waals surface area (Å²) in [6, 6.07) is 9.42. The molecule has 0 bridgehead atoms. The molecule has 0 unspecified atom stereocenters. The van der Waals surface area contributed by atoms with Crippen molar-refractivity contribution in [3.63, 3.8) is 0 Å². The van der Waals surface area contributed by atoms with Crippen LogP contribution in [0.3, 0.4) is 0 Å². The first-order valence-electron chi connectivity index (χ1n) is 7.76. The largest absolute Gasteiger partial charge is 0.497 e. The number of fused-ring (bicyclic) bond motifs is 1. The SMILES string of the molecule is COc1cc(NC(=O)Cn2cnc3cccc(C(F)F)c32)cc(OC)c1. The zero-order valence-electron chi connectivity index (χ0n) is 14.2. The average molecular weight is 361 g/mol. The summed E-state index contributed by atoms with van der Waals surface area (Å²) in [4.78, 5) is 16.5. The van der Waals surface area contributed by atoms with Gasteiger partial charge in [0.15, 0.2) is 0 Å². The molecule has 8 heteroatoms. The Morgan fingerprint density at radius 2 is 1.88 bits per heavy atom. The predicted molar refractivity (Wildman–Crippen MR) is 92.9 cm³/mol. The van der Waals surface area contributed by atoms with Gasteiger partial charge >= 0.3 is 0 Å². The van der Waals surface area contributed by atoms with Gasteiger partial charge in [-0.1, -0.05) is 12.1 Å². The molecule has 1 heterocycles. The molecule has 1 amide bonds. The number of ether oxygens (including phenoxy) is 2. The Balaban J connectivity index is 1.84. The summed E-state index contributed by atoms with van der Waals surface area (Å²) in [5.41, 5.74) is 0.986. The van der Waals surface area contributed by atoms with Crippen LogP contribution in [-0.4, -0.2) is 29.7 Å². The van der Waals surface area contributed by atoms with Crippen molar-refractivity contribution < 1.29 is 23.0 Å². The van der Waals surface area contributed by atoms with E-state index in [1.54, 1.807) is 24.3 Å². The fraction of sp³-hybridized carbons (Fsp3) is 0.222. The number of carbonyl (C=O) groups is 1. The number of carbonyl (C=O) groups excluding carboxylic acids is 1. The van der Waals surface area contributed by atoms with E-state index in [4.69, 9.17) is 9.47 Å². The molecule has 0 fully saturated rings. The molecule has 0 spiro atoms. The van der Waals surface area contributed by atoms with Gasteiger partial charge in [-0.15, -0.1) is 0 Å². The van der Waals surface area contributed by atoms with Crippen LogP contribution in [0.5, 0.6) is 11.5 Å². The average Bonchev–Trinajstić information content (AvgIpc) is 3.03. The third-order valence-corrected chi connectivity index (χ3v) is 3.85. The minimum absolute atomic E-state index is 0.153. The molecular formula is C18H17F2N3O3. The normalized spacial score (nSPS) is 11.0. The number of aromatic nitrogens is 2. The lowest BCUT2D eigenvalue weighted by Crippen LogP contribution is -2.18. The van der Waals surface area contributed by atoms with Crippen LogP contribution < -0.4 is 14.8 Å². The fourth-order valence-corrected chi connectivity index (χ4v) is 2.69. The van der Waals surface area contributed by atoms with Gasteiger partial charge in [0.1, 0.15) is 18.0 Å². The molecule has 6 nitrogen and oxygen atoms in total. The zero-order valence-corrected chi connectivity index (χ0v) is 14.2. The summed E-state index contributed by atoms with van der Waals surface area (Å²) in [5, 5.41) is 2.71. The number of nitrogens with zero attached hydrogens (tertiary/aromatic N) is 2. The second kappa shape index (κ2) is 7.38. The molecule has 3 aromatic rings. The van der Waals surface area contributed by atoms with Crippen LogP contribution in [0.4, 0.5) is 14.5 Å². The van der Waals surface area contributed by atoms with Crippen molar-refractivity contribution in [1.29, 1.82) is 0 Å². The molecule has 0 saturated carbocycles. The van der Waals surface area contributed by atoms with Crippen LogP contribution in [0.15, 0.2) is 42.7 Å². The second-order valence-electron chi connectivity index (χ2n) is 5.54. The quantitative estimate of drug-likeness (QED) is 0.728. The van der Waals surface area contributed by atoms with Crippen LogP contribution in [0.25, 0.3) is 11.0 Å². The standard InChI is InChI=1S/C18H17F2N3O3/c1-25-12-6-11(7-13(8-12)26-2)22-16(24)9-23-10-21-15-5-3-4-14(17(15)23)18(19)20/h3-8,10,18H,9H2,1-2H3,(H,22,24). The van der Waals surface area contributed by atoms with Crippen molar-refractivity contribution in [2.75, 3.05) is 19.5 Å². The van der Waals surface area contributed by atoms with Crippen LogP contribution in [-0.2, 0) is 11.3 Å². The Kier molecular flexibility index (Phi) is 5.01. The number of amides is 1. The maximum atomic E-state index is 13.2. The summed E-state index contributed by atoms with van der Waals surface area (Å²) < 4.78 is 38.2. The molecule has 0 saturated heterocycles. The highest BCUT2D eigenvalue weighted by atomic mass is 19.3. The van der Waals surface area contributed by atoms with E-state index >= 15 is 0 Å². The maximum absolute atomic E-state index is 13.2. The van der Waals surface area contributed by atoms with Gasteiger partial charge in [-0.2, -0.15) is 0 Å². The highest BCUT2D eigenvalue weighted by Gasteiger charge is 2.17. The second-order valence-corrected chi connectivity index (χ2v) is 5.54. The number of imidazole rings is 1. The summed E-state index contributed by atoms with van der Waals surface area (Å²) in [7, 11) is 3.01. The molecule has 0 atom stereocenters. The van der Waals surface area contributed by atoms with Gasteiger partial charge in [-0.3, -0.25) is 4.79 Å². The van der Waals surface area contributed by atoms with Gasteiger partial charge in [0.05, 0.1) is 31.6 Å². The number of nitrogens with one attached hydrogen (secondary N) is 1. The van der Waals surface area contributed by atoms with Crippen molar-refractivity contribution in [3.8, 4) is 11.5 Å². The van der Waals surface area contributed by atoms with Gasteiger partial charge in [0.25, 0.3) is 6.43 Å². The maximum Gasteiger partial charge on any atom is 0.265 e. The number of benzene rings is 2. The number of hydrogen-bond donors (Lipinski definition) is 1. The van der Waals surface area contributed by atoms with Crippen molar-refractivity contribution in [2.45, 2.75) is 13.0 Å². The van der Waals surface area contributed by atoms with Gasteiger partial charge < -0.3 is 19.4 Å². The van der Waals surface area contributed by atoms with Crippen LogP contribution in [0.2, 0.25) is 0 Å². The minimum atomic E-state index is -2.65. The molecule has 136 valence electrons. The van der Waals surface area contributed by atoms with Gasteiger partial charge in [0, 0.05) is 29.4 Å². The van der Waals surface area contributed by atoms with E-state index in [9.17, 15) is 13.6 Å². The number of para-hydroxylation sites is 1. The topological polar surface area (TPSA) is 65.4 Å². The van der Waals surface area contributed by atoms with Crippen molar-refractivity contribution in [1.82, 2.24) is 9.55 Å². The Bertz CT molecular complexity index is 918. The van der Waals surface area contributed by atoms with Gasteiger partial charge in [0.2, 0.25) is 5.91 Å². The third kappa shape index (κ3) is 3.58. The van der Waals surface area contributed by atoms with Crippen LogP contribution in [0, 0.1) is 0 Å². The molecule has 3 rings (SSSR count). The van der Waals surface area contributed by atoms with Crippen LogP contribution >= 0.6 is 0 Å². The minimum Gasteiger partial charge on any atom is -0.497 e. The van der Waals surface area contributed by atoms with E-state index in [1.165, 1.54) is 37.2 Å². The van der Waals surface area contributed by atoms with Gasteiger partial charge in [-0.25, -0.2) is 13.8 Å². The van der Waals surface area contributed by atoms with Crippen molar-refractivity contribution in [2.24, 2.45) is 0 Å². The number of rotatable bonds is 6. The molecule has 0 aliphatic heterocycles. The first-order chi connectivity index (χ1) is 12.5. The zero-order chi connectivity index (χ0) is 18.7. The summed E-state index contributed by atoms with van der Waals surface area (Å²) in [6.07, 6.45) is -1.28. The Morgan fingerprint density at radius 1 is 1.19 bits per heavy atom. The molecular weight excluding hydrogens is 344 g/mol. The summed E-state index contributed by atoms with van der Waals surface area (Å²) in [6.45, 7) is -0.153. The monoisotopic (exact) mass is 361 g/mol. The van der Waals surface area contributed by atoms with E-state index in [2.05, 4.69) is 10.3 Å². The molecule has 1 aromatic heterocycles. The van der Waals surface area contributed by atoms with Crippen molar-refractivity contribution in [3.05, 3.63) is 48.3 Å². The fourth-order valence-electron chi connectivity index (χ4n) is 2.69. The number of methoxy groups -OCH3 is 2. The van der Waals surface area contributed by atoms with E-state index in [-0.39, 0.29) is 23.5 Å². The molecule has 0 aliphatic carbocycles. The Labute approximate surface area is 148 Å². The Hall–Kier alpha value is -3.16. The van der Waals surface area contributed by atoms with E-state index in [1.807, 2.05) is 0 Å². The van der Waals surface area contributed by atoms with E-state index in [0.29, 0.717) is 22.7 Å². The predicted octanol–water partition coefficient (Wildman–Crippen LogP) is 3.63. The molecule has 0 aliphatic rings. The lowest BCUT2D eigenvalue weighted by Gasteiger charge is -2.11. The third-order valence-electron chi connectivity index (χ3n) is 3.85. The molecule has 26 heavy (non-hydrogen) atoms. The van der Waals surface area contributed by atoms with Crippen LogP contribution in [0.1, 0.15) is 12.0 Å². The smallest absolute Gasteiger partial charge is 0.265 e. The molecule has 2 aromatic carbocycles. The van der Waals surface area contributed by atoms with E-state index in [0.717, 1.165) is 0 Å². The highest BCUT2D eigenvalue weighted by Crippen LogP contribution is 2.28. The summed E-state index contributed by atoms with van der Waals surface area (Å²) in [5.74, 6) is 0.657. The lowest BCUT2D eigenvalue weighted by atomic mass is 10.2. The summed E-state index contributed by atoms with van der Waals surface area (Å²) >= 11 is 0.